The Bertz CT molecular complexity index is 208. The van der Waals surface area contributed by atoms with E-state index in [0.717, 1.165) is 19.4 Å². The van der Waals surface area contributed by atoms with E-state index < -0.39 is 5.60 Å². The quantitative estimate of drug-likeness (QED) is 0.747. The molecule has 15 heavy (non-hydrogen) atoms. The van der Waals surface area contributed by atoms with E-state index in [9.17, 15) is 4.79 Å². The van der Waals surface area contributed by atoms with Gasteiger partial charge in [-0.1, -0.05) is 6.92 Å². The van der Waals surface area contributed by atoms with Gasteiger partial charge in [0.25, 0.3) is 5.91 Å². The molecule has 2 unspecified atom stereocenters. The zero-order valence-corrected chi connectivity index (χ0v) is 9.84. The fourth-order valence-electron chi connectivity index (χ4n) is 1.60. The molecule has 0 aliphatic carbocycles. The van der Waals surface area contributed by atoms with Crippen LogP contribution in [0.4, 0.5) is 0 Å². The minimum absolute atomic E-state index is 0.0528. The predicted molar refractivity (Wildman–Crippen MR) is 57.7 cm³/mol. The normalized spacial score (nSPS) is 24.9. The standard InChI is InChI=1S/C11H21NO3/c1-4-11(2,14-3)10(13)12-8-9-6-5-7-15-9/h9H,4-8H2,1-3H3,(H,12,13). The van der Waals surface area contributed by atoms with Crippen molar-refractivity contribution >= 4 is 5.91 Å². The highest BCUT2D eigenvalue weighted by Gasteiger charge is 2.31. The maximum Gasteiger partial charge on any atom is 0.252 e. The molecule has 1 rings (SSSR count). The Hall–Kier alpha value is -0.610. The van der Waals surface area contributed by atoms with E-state index in [1.165, 1.54) is 0 Å². The van der Waals surface area contributed by atoms with Crippen LogP contribution in [0.5, 0.6) is 0 Å². The van der Waals surface area contributed by atoms with Gasteiger partial charge in [0.05, 0.1) is 6.10 Å². The molecule has 1 heterocycles. The van der Waals surface area contributed by atoms with Gasteiger partial charge in [0.2, 0.25) is 0 Å². The average molecular weight is 215 g/mol. The summed E-state index contributed by atoms with van der Waals surface area (Å²) in [6.45, 7) is 5.15. The zero-order valence-electron chi connectivity index (χ0n) is 9.84. The van der Waals surface area contributed by atoms with E-state index in [1.54, 1.807) is 14.0 Å². The first-order chi connectivity index (χ1) is 7.12. The second-order valence-corrected chi connectivity index (χ2v) is 4.13. The molecule has 88 valence electrons. The van der Waals surface area contributed by atoms with E-state index in [-0.39, 0.29) is 12.0 Å². The van der Waals surface area contributed by atoms with Gasteiger partial charge in [-0.25, -0.2) is 0 Å². The van der Waals surface area contributed by atoms with Gasteiger partial charge >= 0.3 is 0 Å². The van der Waals surface area contributed by atoms with Gasteiger partial charge in [0.15, 0.2) is 0 Å². The fraction of sp³-hybridized carbons (Fsp3) is 0.909. The molecule has 1 aliphatic heterocycles. The van der Waals surface area contributed by atoms with Crippen LogP contribution >= 0.6 is 0 Å². The summed E-state index contributed by atoms with van der Waals surface area (Å²) in [4.78, 5) is 11.8. The maximum atomic E-state index is 11.8. The molecule has 1 amide bonds. The highest BCUT2D eigenvalue weighted by molar-refractivity contribution is 5.84. The van der Waals surface area contributed by atoms with Crippen molar-refractivity contribution in [2.24, 2.45) is 0 Å². The summed E-state index contributed by atoms with van der Waals surface area (Å²) in [6.07, 6.45) is 2.99. The van der Waals surface area contributed by atoms with Gasteiger partial charge < -0.3 is 14.8 Å². The molecule has 1 N–H and O–H groups in total. The monoisotopic (exact) mass is 215 g/mol. The van der Waals surface area contributed by atoms with Crippen LogP contribution in [0.15, 0.2) is 0 Å². The summed E-state index contributed by atoms with van der Waals surface area (Å²) < 4.78 is 10.6. The SMILES string of the molecule is CCC(C)(OC)C(=O)NCC1CCCO1. The lowest BCUT2D eigenvalue weighted by molar-refractivity contribution is -0.142. The number of carbonyl (C=O) groups is 1. The van der Waals surface area contributed by atoms with Crippen molar-refractivity contribution in [3.8, 4) is 0 Å². The average Bonchev–Trinajstić information content (AvgIpc) is 2.77. The first-order valence-electron chi connectivity index (χ1n) is 5.57. The van der Waals surface area contributed by atoms with Gasteiger partial charge in [-0.15, -0.1) is 0 Å². The molecule has 1 fully saturated rings. The molecule has 0 bridgehead atoms. The van der Waals surface area contributed by atoms with Crippen LogP contribution in [0.3, 0.4) is 0 Å². The summed E-state index contributed by atoms with van der Waals surface area (Å²) in [5.74, 6) is -0.0528. The van der Waals surface area contributed by atoms with Crippen molar-refractivity contribution < 1.29 is 14.3 Å². The molecule has 0 spiro atoms. The van der Waals surface area contributed by atoms with Crippen LogP contribution in [-0.2, 0) is 14.3 Å². The molecule has 0 aromatic rings. The first kappa shape index (κ1) is 12.5. The van der Waals surface area contributed by atoms with Crippen LogP contribution in [-0.4, -0.2) is 37.9 Å². The van der Waals surface area contributed by atoms with Gasteiger partial charge in [-0.3, -0.25) is 4.79 Å². The van der Waals surface area contributed by atoms with Crippen molar-refractivity contribution in [3.63, 3.8) is 0 Å². The van der Waals surface area contributed by atoms with Crippen molar-refractivity contribution in [1.82, 2.24) is 5.32 Å². The number of nitrogens with one attached hydrogen (secondary N) is 1. The molecule has 4 heteroatoms. The molecular weight excluding hydrogens is 194 g/mol. The molecule has 0 saturated carbocycles. The summed E-state index contributed by atoms with van der Waals surface area (Å²) >= 11 is 0. The van der Waals surface area contributed by atoms with Crippen molar-refractivity contribution in [3.05, 3.63) is 0 Å². The molecule has 2 atom stereocenters. The van der Waals surface area contributed by atoms with Gasteiger partial charge in [0, 0.05) is 20.3 Å². The van der Waals surface area contributed by atoms with Gasteiger partial charge in [-0.2, -0.15) is 0 Å². The second kappa shape index (κ2) is 5.47. The fourth-order valence-corrected chi connectivity index (χ4v) is 1.60. The van der Waals surface area contributed by atoms with E-state index in [4.69, 9.17) is 9.47 Å². The number of carbonyl (C=O) groups excluding carboxylic acids is 1. The zero-order chi connectivity index (χ0) is 11.3. The highest BCUT2D eigenvalue weighted by atomic mass is 16.5. The van der Waals surface area contributed by atoms with E-state index in [1.807, 2.05) is 6.92 Å². The van der Waals surface area contributed by atoms with Crippen molar-refractivity contribution in [2.75, 3.05) is 20.3 Å². The van der Waals surface area contributed by atoms with Gasteiger partial charge in [-0.05, 0) is 26.2 Å². The third-order valence-electron chi connectivity index (χ3n) is 3.12. The molecular formula is C11H21NO3. The third-order valence-corrected chi connectivity index (χ3v) is 3.12. The highest BCUT2D eigenvalue weighted by Crippen LogP contribution is 2.15. The van der Waals surface area contributed by atoms with E-state index >= 15 is 0 Å². The largest absolute Gasteiger partial charge is 0.376 e. The summed E-state index contributed by atoms with van der Waals surface area (Å²) in [5, 5.41) is 2.88. The Labute approximate surface area is 91.3 Å². The summed E-state index contributed by atoms with van der Waals surface area (Å²) in [6, 6.07) is 0. The second-order valence-electron chi connectivity index (χ2n) is 4.13. The number of amides is 1. The van der Waals surface area contributed by atoms with Crippen LogP contribution in [0.2, 0.25) is 0 Å². The smallest absolute Gasteiger partial charge is 0.252 e. The summed E-state index contributed by atoms with van der Waals surface area (Å²) in [5.41, 5.74) is -0.710. The number of hydrogen-bond donors (Lipinski definition) is 1. The molecule has 0 aromatic heterocycles. The van der Waals surface area contributed by atoms with Crippen LogP contribution in [0.1, 0.15) is 33.1 Å². The lowest BCUT2D eigenvalue weighted by Crippen LogP contribution is -2.47. The lowest BCUT2D eigenvalue weighted by Gasteiger charge is -2.25. The molecule has 1 saturated heterocycles. The number of rotatable bonds is 5. The maximum absolute atomic E-state index is 11.8. The number of ether oxygens (including phenoxy) is 2. The Morgan fingerprint density at radius 2 is 2.40 bits per heavy atom. The van der Waals surface area contributed by atoms with E-state index in [2.05, 4.69) is 5.32 Å². The van der Waals surface area contributed by atoms with Crippen molar-refractivity contribution in [2.45, 2.75) is 44.8 Å². The third kappa shape index (κ3) is 3.18. The number of methoxy groups -OCH3 is 1. The first-order valence-corrected chi connectivity index (χ1v) is 5.57. The Morgan fingerprint density at radius 3 is 2.87 bits per heavy atom. The van der Waals surface area contributed by atoms with Crippen molar-refractivity contribution in [1.29, 1.82) is 0 Å². The van der Waals surface area contributed by atoms with Gasteiger partial charge in [0.1, 0.15) is 5.60 Å². The number of hydrogen-bond acceptors (Lipinski definition) is 3. The molecule has 1 aliphatic rings. The Morgan fingerprint density at radius 1 is 1.67 bits per heavy atom. The molecule has 0 aromatic carbocycles. The van der Waals surface area contributed by atoms with Crippen LogP contribution in [0, 0.1) is 0 Å². The van der Waals surface area contributed by atoms with Crippen LogP contribution in [0.25, 0.3) is 0 Å². The lowest BCUT2D eigenvalue weighted by atomic mass is 10.0. The minimum atomic E-state index is -0.710. The topological polar surface area (TPSA) is 47.6 Å². The Kier molecular flexibility index (Phi) is 4.54. The molecule has 4 nitrogen and oxygen atoms in total. The van der Waals surface area contributed by atoms with E-state index in [0.29, 0.717) is 13.0 Å². The predicted octanol–water partition coefficient (Wildman–Crippen LogP) is 1.10. The Balaban J connectivity index is 2.33. The minimum Gasteiger partial charge on any atom is -0.376 e. The van der Waals surface area contributed by atoms with Crippen LogP contribution < -0.4 is 5.32 Å². The molecule has 0 radical (unpaired) electrons. The summed E-state index contributed by atoms with van der Waals surface area (Å²) in [7, 11) is 1.56.